The molecule has 0 aliphatic rings. The van der Waals surface area contributed by atoms with E-state index < -0.39 is 5.91 Å². The number of carbonyl (C=O) groups is 1. The summed E-state index contributed by atoms with van der Waals surface area (Å²) in [5, 5.41) is 0. The maximum Gasteiger partial charge on any atom is 0.267 e. The molecule has 0 aliphatic heterocycles. The number of aromatic nitrogens is 2. The largest absolute Gasteiger partial charge is 0.486 e. The SMILES string of the molecule is Cc1ncccc1OCc1cc2nc(C(N)=O)cc(-c3ccc(F)cc3)c2s1. The van der Waals surface area contributed by atoms with Gasteiger partial charge in [0.05, 0.1) is 15.9 Å². The first-order chi connectivity index (χ1) is 13.5. The number of aryl methyl sites for hydroxylation is 1. The second-order valence-electron chi connectivity index (χ2n) is 6.23. The number of carbonyl (C=O) groups excluding carboxylic acids is 1. The van der Waals surface area contributed by atoms with Crippen LogP contribution in [0.2, 0.25) is 0 Å². The molecule has 140 valence electrons. The molecule has 0 saturated carbocycles. The molecule has 4 rings (SSSR count). The van der Waals surface area contributed by atoms with Gasteiger partial charge in [0, 0.05) is 16.6 Å². The summed E-state index contributed by atoms with van der Waals surface area (Å²) in [6.07, 6.45) is 1.71. The van der Waals surface area contributed by atoms with Crippen LogP contribution in [-0.2, 0) is 6.61 Å². The van der Waals surface area contributed by atoms with E-state index in [4.69, 9.17) is 10.5 Å². The van der Waals surface area contributed by atoms with Crippen molar-refractivity contribution in [3.8, 4) is 16.9 Å². The number of hydrogen-bond donors (Lipinski definition) is 1. The number of amides is 1. The Balaban J connectivity index is 1.75. The van der Waals surface area contributed by atoms with E-state index in [0.29, 0.717) is 17.9 Å². The molecule has 4 aromatic rings. The third kappa shape index (κ3) is 3.57. The minimum Gasteiger partial charge on any atom is -0.486 e. The van der Waals surface area contributed by atoms with E-state index in [2.05, 4.69) is 9.97 Å². The van der Waals surface area contributed by atoms with Gasteiger partial charge in [-0.15, -0.1) is 11.3 Å². The lowest BCUT2D eigenvalue weighted by Gasteiger charge is -2.06. The molecule has 5 nitrogen and oxygen atoms in total. The van der Waals surface area contributed by atoms with Gasteiger partial charge in [-0.3, -0.25) is 9.78 Å². The second kappa shape index (κ2) is 7.36. The quantitative estimate of drug-likeness (QED) is 0.542. The molecule has 7 heteroatoms. The van der Waals surface area contributed by atoms with Crippen LogP contribution in [0.15, 0.2) is 54.7 Å². The van der Waals surface area contributed by atoms with Crippen LogP contribution in [0.5, 0.6) is 5.75 Å². The van der Waals surface area contributed by atoms with Crippen molar-refractivity contribution in [2.24, 2.45) is 5.73 Å². The molecule has 3 heterocycles. The molecule has 1 aromatic carbocycles. The highest BCUT2D eigenvalue weighted by atomic mass is 32.1. The third-order valence-electron chi connectivity index (χ3n) is 4.27. The van der Waals surface area contributed by atoms with Crippen LogP contribution >= 0.6 is 11.3 Å². The van der Waals surface area contributed by atoms with Crippen LogP contribution in [-0.4, -0.2) is 15.9 Å². The lowest BCUT2D eigenvalue weighted by atomic mass is 10.0. The summed E-state index contributed by atoms with van der Waals surface area (Å²) in [6, 6.07) is 13.3. The average molecular weight is 393 g/mol. The lowest BCUT2D eigenvalue weighted by Crippen LogP contribution is -2.13. The first kappa shape index (κ1) is 18.1. The van der Waals surface area contributed by atoms with Crippen molar-refractivity contribution in [2.45, 2.75) is 13.5 Å². The Labute approximate surface area is 164 Å². The minimum absolute atomic E-state index is 0.167. The fraction of sp³-hybridized carbons (Fsp3) is 0.0952. The first-order valence-corrected chi connectivity index (χ1v) is 9.36. The van der Waals surface area contributed by atoms with Gasteiger partial charge in [-0.2, -0.15) is 0 Å². The van der Waals surface area contributed by atoms with E-state index in [0.717, 1.165) is 26.4 Å². The van der Waals surface area contributed by atoms with Gasteiger partial charge >= 0.3 is 0 Å². The number of halogens is 1. The molecule has 0 bridgehead atoms. The molecule has 0 spiro atoms. The molecular formula is C21H16FN3O2S. The number of rotatable bonds is 5. The highest BCUT2D eigenvalue weighted by molar-refractivity contribution is 7.19. The number of thiophene rings is 1. The number of benzene rings is 1. The number of primary amides is 1. The number of fused-ring (bicyclic) bond motifs is 1. The number of pyridine rings is 2. The van der Waals surface area contributed by atoms with Crippen molar-refractivity contribution < 1.29 is 13.9 Å². The molecular weight excluding hydrogens is 377 g/mol. The van der Waals surface area contributed by atoms with E-state index in [1.54, 1.807) is 24.4 Å². The molecule has 3 aromatic heterocycles. The van der Waals surface area contributed by atoms with Crippen molar-refractivity contribution in [3.05, 3.63) is 76.8 Å². The first-order valence-electron chi connectivity index (χ1n) is 8.55. The van der Waals surface area contributed by atoms with E-state index in [1.807, 2.05) is 25.1 Å². The van der Waals surface area contributed by atoms with Crippen molar-refractivity contribution in [1.82, 2.24) is 9.97 Å². The zero-order valence-electron chi connectivity index (χ0n) is 15.0. The van der Waals surface area contributed by atoms with Gasteiger partial charge in [0.25, 0.3) is 5.91 Å². The summed E-state index contributed by atoms with van der Waals surface area (Å²) in [6.45, 7) is 2.23. The Morgan fingerprint density at radius 1 is 1.21 bits per heavy atom. The van der Waals surface area contributed by atoms with Crippen LogP contribution in [0.3, 0.4) is 0 Å². The van der Waals surface area contributed by atoms with Crippen LogP contribution in [0.1, 0.15) is 21.1 Å². The molecule has 1 amide bonds. The van der Waals surface area contributed by atoms with Gasteiger partial charge in [0.2, 0.25) is 0 Å². The number of nitrogens with zero attached hydrogens (tertiary/aromatic N) is 2. The molecule has 0 unspecified atom stereocenters. The summed E-state index contributed by atoms with van der Waals surface area (Å²) in [5.41, 5.74) is 8.65. The molecule has 0 fully saturated rings. The maximum atomic E-state index is 13.3. The smallest absolute Gasteiger partial charge is 0.267 e. The topological polar surface area (TPSA) is 78.1 Å². The summed E-state index contributed by atoms with van der Waals surface area (Å²) in [4.78, 5) is 21.2. The van der Waals surface area contributed by atoms with Crippen LogP contribution in [0.25, 0.3) is 21.3 Å². The van der Waals surface area contributed by atoms with Gasteiger partial charge in [0.1, 0.15) is 23.9 Å². The normalized spacial score (nSPS) is 10.9. The highest BCUT2D eigenvalue weighted by Crippen LogP contribution is 2.35. The molecule has 2 N–H and O–H groups in total. The molecule has 0 radical (unpaired) electrons. The summed E-state index contributed by atoms with van der Waals surface area (Å²) >= 11 is 1.51. The third-order valence-corrected chi connectivity index (χ3v) is 5.40. The summed E-state index contributed by atoms with van der Waals surface area (Å²) in [7, 11) is 0. The van der Waals surface area contributed by atoms with E-state index in [1.165, 1.54) is 23.5 Å². The van der Waals surface area contributed by atoms with Gasteiger partial charge in [-0.05, 0) is 48.9 Å². The maximum absolute atomic E-state index is 13.3. The average Bonchev–Trinajstić information content (AvgIpc) is 3.10. The number of nitrogens with two attached hydrogens (primary N) is 1. The standard InChI is InChI=1S/C21H16FN3O2S/c1-12-19(3-2-8-24-12)27-11-15-9-17-20(28-15)16(10-18(25-17)21(23)26)13-4-6-14(22)7-5-13/h2-10H,11H2,1H3,(H2,23,26). The summed E-state index contributed by atoms with van der Waals surface area (Å²) in [5.74, 6) is -0.221. The predicted molar refractivity (Wildman–Crippen MR) is 107 cm³/mol. The predicted octanol–water partition coefficient (Wildman–Crippen LogP) is 4.48. The Morgan fingerprint density at radius 3 is 2.71 bits per heavy atom. The molecule has 0 aliphatic carbocycles. The van der Waals surface area contributed by atoms with Crippen LogP contribution in [0, 0.1) is 12.7 Å². The van der Waals surface area contributed by atoms with E-state index in [-0.39, 0.29) is 11.5 Å². The van der Waals surface area contributed by atoms with Gasteiger partial charge in [-0.25, -0.2) is 9.37 Å². The monoisotopic (exact) mass is 393 g/mol. The minimum atomic E-state index is -0.611. The van der Waals surface area contributed by atoms with Crippen LogP contribution in [0.4, 0.5) is 4.39 Å². The van der Waals surface area contributed by atoms with Gasteiger partial charge in [0.15, 0.2) is 0 Å². The Kier molecular flexibility index (Phi) is 4.75. The highest BCUT2D eigenvalue weighted by Gasteiger charge is 2.15. The van der Waals surface area contributed by atoms with E-state index in [9.17, 15) is 9.18 Å². The molecule has 0 saturated heterocycles. The number of ether oxygens (including phenoxy) is 1. The fourth-order valence-electron chi connectivity index (χ4n) is 2.88. The Hall–Kier alpha value is -3.32. The second-order valence-corrected chi connectivity index (χ2v) is 7.37. The molecule has 28 heavy (non-hydrogen) atoms. The van der Waals surface area contributed by atoms with Crippen molar-refractivity contribution in [3.63, 3.8) is 0 Å². The van der Waals surface area contributed by atoms with E-state index >= 15 is 0 Å². The van der Waals surface area contributed by atoms with Crippen molar-refractivity contribution >= 4 is 27.5 Å². The van der Waals surface area contributed by atoms with Crippen LogP contribution < -0.4 is 10.5 Å². The zero-order valence-corrected chi connectivity index (χ0v) is 15.8. The lowest BCUT2D eigenvalue weighted by molar-refractivity contribution is 0.0996. The van der Waals surface area contributed by atoms with Crippen molar-refractivity contribution in [2.75, 3.05) is 0 Å². The summed E-state index contributed by atoms with van der Waals surface area (Å²) < 4.78 is 20.1. The Morgan fingerprint density at radius 2 is 2.00 bits per heavy atom. The molecule has 0 atom stereocenters. The number of hydrogen-bond acceptors (Lipinski definition) is 5. The van der Waals surface area contributed by atoms with Gasteiger partial charge in [-0.1, -0.05) is 12.1 Å². The van der Waals surface area contributed by atoms with Crippen molar-refractivity contribution in [1.29, 1.82) is 0 Å². The zero-order chi connectivity index (χ0) is 19.7. The van der Waals surface area contributed by atoms with Gasteiger partial charge < -0.3 is 10.5 Å². The fourth-order valence-corrected chi connectivity index (χ4v) is 3.93. The Bertz CT molecular complexity index is 1170.